The van der Waals surface area contributed by atoms with E-state index in [-0.39, 0.29) is 14.4 Å². The van der Waals surface area contributed by atoms with Crippen LogP contribution >= 0.6 is 38.2 Å². The van der Waals surface area contributed by atoms with E-state index in [4.69, 9.17) is 22.3 Å². The van der Waals surface area contributed by atoms with Crippen LogP contribution in [0.15, 0.2) is 21.5 Å². The molecule has 1 aromatic carbocycles. The molecule has 0 aliphatic rings. The summed E-state index contributed by atoms with van der Waals surface area (Å²) in [5, 5.41) is -0.248. The molecule has 0 heterocycles. The fraction of sp³-hybridized carbons (Fsp3) is 0. The summed E-state index contributed by atoms with van der Waals surface area (Å²) < 4.78 is 34.5. The molecule has 0 fully saturated rings. The van der Waals surface area contributed by atoms with Gasteiger partial charge in [-0.25, -0.2) is 12.8 Å². The first-order valence-electron chi connectivity index (χ1n) is 2.91. The van der Waals surface area contributed by atoms with Crippen molar-refractivity contribution in [1.29, 1.82) is 0 Å². The molecule has 0 aliphatic carbocycles. The van der Waals surface area contributed by atoms with Crippen LogP contribution in [0.25, 0.3) is 0 Å². The number of rotatable bonds is 1. The fourth-order valence-corrected chi connectivity index (χ4v) is 3.94. The number of halogens is 4. The summed E-state index contributed by atoms with van der Waals surface area (Å²) in [6.07, 6.45) is 0. The molecule has 13 heavy (non-hydrogen) atoms. The molecule has 0 atom stereocenters. The molecule has 0 spiro atoms. The van der Waals surface area contributed by atoms with Gasteiger partial charge in [-0.05, 0) is 28.1 Å². The van der Waals surface area contributed by atoms with Crippen LogP contribution in [0, 0.1) is 5.82 Å². The molecule has 1 aromatic rings. The van der Waals surface area contributed by atoms with Gasteiger partial charge in [-0.15, -0.1) is 0 Å². The molecule has 0 radical (unpaired) electrons. The zero-order valence-corrected chi connectivity index (χ0v) is 9.81. The predicted octanol–water partition coefficient (Wildman–Crippen LogP) is 3.17. The van der Waals surface area contributed by atoms with Gasteiger partial charge >= 0.3 is 0 Å². The molecule has 0 aromatic heterocycles. The Morgan fingerprint density at radius 2 is 1.92 bits per heavy atom. The Balaban J connectivity index is 3.57. The van der Waals surface area contributed by atoms with E-state index in [1.807, 2.05) is 0 Å². The molecule has 1 rings (SSSR count). The highest BCUT2D eigenvalue weighted by molar-refractivity contribution is 9.10. The van der Waals surface area contributed by atoms with Crippen molar-refractivity contribution in [2.75, 3.05) is 0 Å². The largest absolute Gasteiger partial charge is 0.263 e. The standard InChI is InChI=1S/C6H2BrCl2FO2S/c7-4-1-3(10)2-5(8)6(4)13(9,11)12/h1-2H. The lowest BCUT2D eigenvalue weighted by molar-refractivity contribution is 0.606. The van der Waals surface area contributed by atoms with Gasteiger partial charge in [-0.2, -0.15) is 0 Å². The minimum absolute atomic E-state index is 0.00694. The van der Waals surface area contributed by atoms with E-state index in [1.165, 1.54) is 0 Å². The highest BCUT2D eigenvalue weighted by atomic mass is 79.9. The minimum atomic E-state index is -3.95. The first-order valence-corrected chi connectivity index (χ1v) is 6.39. The van der Waals surface area contributed by atoms with Crippen molar-refractivity contribution in [3.63, 3.8) is 0 Å². The van der Waals surface area contributed by atoms with Crippen molar-refractivity contribution in [3.05, 3.63) is 27.4 Å². The summed E-state index contributed by atoms with van der Waals surface area (Å²) in [6.45, 7) is 0. The zero-order chi connectivity index (χ0) is 10.2. The van der Waals surface area contributed by atoms with Gasteiger partial charge in [0, 0.05) is 15.2 Å². The zero-order valence-electron chi connectivity index (χ0n) is 5.89. The first-order chi connectivity index (χ1) is 5.82. The molecule has 0 N–H and O–H groups in total. The second-order valence-corrected chi connectivity index (χ2v) is 5.90. The predicted molar refractivity (Wildman–Crippen MR) is 52.1 cm³/mol. The third-order valence-electron chi connectivity index (χ3n) is 1.21. The lowest BCUT2D eigenvalue weighted by Gasteiger charge is -2.02. The van der Waals surface area contributed by atoms with E-state index < -0.39 is 14.9 Å². The summed E-state index contributed by atoms with van der Waals surface area (Å²) >= 11 is 8.33. The highest BCUT2D eigenvalue weighted by Crippen LogP contribution is 2.32. The van der Waals surface area contributed by atoms with Crippen LogP contribution in [0.5, 0.6) is 0 Å². The first kappa shape index (κ1) is 11.2. The van der Waals surface area contributed by atoms with E-state index in [9.17, 15) is 12.8 Å². The average Bonchev–Trinajstić information content (AvgIpc) is 1.78. The van der Waals surface area contributed by atoms with Crippen LogP contribution in [0.3, 0.4) is 0 Å². The molecule has 72 valence electrons. The second kappa shape index (κ2) is 3.73. The van der Waals surface area contributed by atoms with Gasteiger partial charge in [0.25, 0.3) is 9.05 Å². The molecule has 0 aliphatic heterocycles. The summed E-state index contributed by atoms with van der Waals surface area (Å²) in [4.78, 5) is -0.322. The third kappa shape index (κ3) is 2.56. The lowest BCUT2D eigenvalue weighted by atomic mass is 10.3. The van der Waals surface area contributed by atoms with Crippen molar-refractivity contribution < 1.29 is 12.8 Å². The van der Waals surface area contributed by atoms with Crippen LogP contribution < -0.4 is 0 Å². The van der Waals surface area contributed by atoms with Crippen LogP contribution in [-0.2, 0) is 9.05 Å². The van der Waals surface area contributed by atoms with E-state index in [0.29, 0.717) is 0 Å². The Hall–Kier alpha value is 0.160. The van der Waals surface area contributed by atoms with Gasteiger partial charge in [0.05, 0.1) is 5.02 Å². The summed E-state index contributed by atoms with van der Waals surface area (Å²) in [7, 11) is 1.10. The van der Waals surface area contributed by atoms with Crippen molar-refractivity contribution in [2.45, 2.75) is 4.90 Å². The van der Waals surface area contributed by atoms with Crippen molar-refractivity contribution in [3.8, 4) is 0 Å². The average molecular weight is 308 g/mol. The molecule has 7 heteroatoms. The molecule has 0 saturated heterocycles. The smallest absolute Gasteiger partial charge is 0.207 e. The van der Waals surface area contributed by atoms with Crippen LogP contribution in [0.1, 0.15) is 0 Å². The van der Waals surface area contributed by atoms with E-state index in [0.717, 1.165) is 12.1 Å². The second-order valence-electron chi connectivity index (χ2n) is 2.14. The van der Waals surface area contributed by atoms with E-state index >= 15 is 0 Å². The fourth-order valence-electron chi connectivity index (χ4n) is 0.762. The van der Waals surface area contributed by atoms with Gasteiger partial charge in [-0.1, -0.05) is 11.6 Å². The monoisotopic (exact) mass is 306 g/mol. The maximum Gasteiger partial charge on any atom is 0.263 e. The van der Waals surface area contributed by atoms with Gasteiger partial charge in [-0.3, -0.25) is 0 Å². The quantitative estimate of drug-likeness (QED) is 0.747. The lowest BCUT2D eigenvalue weighted by Crippen LogP contribution is -1.94. The SMILES string of the molecule is O=S(=O)(Cl)c1c(Cl)cc(F)cc1Br. The number of hydrogen-bond acceptors (Lipinski definition) is 2. The van der Waals surface area contributed by atoms with Crippen molar-refractivity contribution in [1.82, 2.24) is 0 Å². The van der Waals surface area contributed by atoms with Gasteiger partial charge in [0.1, 0.15) is 10.7 Å². The maximum absolute atomic E-state index is 12.6. The van der Waals surface area contributed by atoms with E-state index in [1.54, 1.807) is 0 Å². The number of benzene rings is 1. The highest BCUT2D eigenvalue weighted by Gasteiger charge is 2.19. The van der Waals surface area contributed by atoms with Gasteiger partial charge in [0.2, 0.25) is 0 Å². The molecule has 0 unspecified atom stereocenters. The Kier molecular flexibility index (Phi) is 3.22. The van der Waals surface area contributed by atoms with Crippen LogP contribution in [0.2, 0.25) is 5.02 Å². The Labute approximate surface area is 92.2 Å². The van der Waals surface area contributed by atoms with Crippen molar-refractivity contribution >= 4 is 47.3 Å². The molecule has 0 saturated carbocycles. The van der Waals surface area contributed by atoms with E-state index in [2.05, 4.69) is 15.9 Å². The number of hydrogen-bond donors (Lipinski definition) is 0. The van der Waals surface area contributed by atoms with Crippen molar-refractivity contribution in [2.24, 2.45) is 0 Å². The third-order valence-corrected chi connectivity index (χ3v) is 3.90. The Morgan fingerprint density at radius 1 is 1.38 bits per heavy atom. The summed E-state index contributed by atoms with van der Waals surface area (Å²) in [5.74, 6) is -0.638. The van der Waals surface area contributed by atoms with Gasteiger partial charge in [0.15, 0.2) is 0 Å². The van der Waals surface area contributed by atoms with Gasteiger partial charge < -0.3 is 0 Å². The van der Waals surface area contributed by atoms with Crippen LogP contribution in [-0.4, -0.2) is 8.42 Å². The Bertz CT molecular complexity index is 423. The molecular formula is C6H2BrCl2FO2S. The molecule has 2 nitrogen and oxygen atoms in total. The molecule has 0 bridgehead atoms. The summed E-state index contributed by atoms with van der Waals surface area (Å²) in [6, 6.07) is 1.85. The minimum Gasteiger partial charge on any atom is -0.207 e. The Morgan fingerprint density at radius 3 is 2.31 bits per heavy atom. The molecular weight excluding hydrogens is 306 g/mol. The maximum atomic E-state index is 12.6. The van der Waals surface area contributed by atoms with Crippen LogP contribution in [0.4, 0.5) is 4.39 Å². The molecule has 0 amide bonds. The summed E-state index contributed by atoms with van der Waals surface area (Å²) in [5.41, 5.74) is 0. The topological polar surface area (TPSA) is 34.1 Å². The normalized spacial score (nSPS) is 11.7.